The van der Waals surface area contributed by atoms with Gasteiger partial charge in [0.15, 0.2) is 5.16 Å². The molecule has 1 aromatic carbocycles. The van der Waals surface area contributed by atoms with Crippen molar-refractivity contribution >= 4 is 40.7 Å². The average molecular weight is 467 g/mol. The number of nitrogens with zero attached hydrogens (tertiary/aromatic N) is 4. The Balaban J connectivity index is 1.32. The quantitative estimate of drug-likeness (QED) is 0.462. The van der Waals surface area contributed by atoms with E-state index in [-0.39, 0.29) is 18.0 Å². The van der Waals surface area contributed by atoms with Gasteiger partial charge in [-0.15, -0.1) is 0 Å². The molecule has 3 heterocycles. The maximum atomic E-state index is 12.0. The summed E-state index contributed by atoms with van der Waals surface area (Å²) in [6, 6.07) is 9.91. The molecule has 0 bridgehead atoms. The van der Waals surface area contributed by atoms with Crippen LogP contribution in [0.1, 0.15) is 32.6 Å². The van der Waals surface area contributed by atoms with Gasteiger partial charge in [-0.05, 0) is 68.8 Å². The lowest BCUT2D eigenvalue weighted by atomic mass is 10.2. The molecule has 1 amide bonds. The third-order valence-electron chi connectivity index (χ3n) is 5.87. The number of anilines is 3. The molecule has 1 aromatic heterocycles. The smallest absolute Gasteiger partial charge is 0.227 e. The molecule has 33 heavy (non-hydrogen) atoms. The Bertz CT molecular complexity index is 1020. The lowest BCUT2D eigenvalue weighted by Crippen LogP contribution is -2.31. The van der Waals surface area contributed by atoms with Gasteiger partial charge in [-0.1, -0.05) is 0 Å². The van der Waals surface area contributed by atoms with E-state index in [0.29, 0.717) is 5.16 Å². The van der Waals surface area contributed by atoms with Crippen molar-refractivity contribution in [3.63, 3.8) is 0 Å². The zero-order valence-electron chi connectivity index (χ0n) is 18.8. The van der Waals surface area contributed by atoms with E-state index in [4.69, 9.17) is 9.97 Å². The minimum absolute atomic E-state index is 0.0331. The Morgan fingerprint density at radius 3 is 2.76 bits per heavy atom. The first-order chi connectivity index (χ1) is 16.1. The number of nitrogens with one attached hydrogen (secondary N) is 4. The number of hydrogen-bond donors (Lipinski definition) is 4. The van der Waals surface area contributed by atoms with E-state index < -0.39 is 0 Å². The summed E-state index contributed by atoms with van der Waals surface area (Å²) in [5, 5.41) is 14.9. The fourth-order valence-corrected chi connectivity index (χ4v) is 4.67. The van der Waals surface area contributed by atoms with Crippen LogP contribution < -0.4 is 26.3 Å². The summed E-state index contributed by atoms with van der Waals surface area (Å²) in [6.07, 6.45) is 3.95. The highest BCUT2D eigenvalue weighted by Crippen LogP contribution is 2.32. The standard InChI is InChI=1S/C23H30N8OS/c1-15-13-20(30-29-15)26-19-14-21(31-11-2-9-24-10-12-31)28-23(27-19)33-18-7-5-17(6-8-18)25-22(32)16-3-4-16/h5-8,14,16,20,24,30H,2-4,9-13H2,1H3,(H,25,32)(H,26,27,28). The van der Waals surface area contributed by atoms with E-state index in [9.17, 15) is 4.79 Å². The number of rotatable bonds is 7. The summed E-state index contributed by atoms with van der Waals surface area (Å²) in [7, 11) is 0. The Hall–Kier alpha value is -2.85. The Morgan fingerprint density at radius 1 is 1.15 bits per heavy atom. The van der Waals surface area contributed by atoms with Crippen LogP contribution in [0.2, 0.25) is 0 Å². The van der Waals surface area contributed by atoms with Gasteiger partial charge in [-0.25, -0.2) is 9.97 Å². The summed E-state index contributed by atoms with van der Waals surface area (Å²) in [5.74, 6) is 2.03. The second-order valence-corrected chi connectivity index (χ2v) is 9.79. The van der Waals surface area contributed by atoms with Crippen LogP contribution in [0, 0.1) is 5.92 Å². The molecule has 1 saturated carbocycles. The van der Waals surface area contributed by atoms with Gasteiger partial charge in [-0.2, -0.15) is 5.10 Å². The predicted octanol–water partition coefficient (Wildman–Crippen LogP) is 2.88. The van der Waals surface area contributed by atoms with Crippen LogP contribution in [0.5, 0.6) is 0 Å². The summed E-state index contributed by atoms with van der Waals surface area (Å²) < 4.78 is 0. The van der Waals surface area contributed by atoms with E-state index in [1.54, 1.807) is 0 Å². The SMILES string of the molecule is CC1=NNC(Nc2cc(N3CCCNCC3)nc(Sc3ccc(NC(=O)C4CC4)cc3)n2)C1. The van der Waals surface area contributed by atoms with Gasteiger partial charge >= 0.3 is 0 Å². The zero-order valence-corrected chi connectivity index (χ0v) is 19.6. The van der Waals surface area contributed by atoms with Gasteiger partial charge in [-0.3, -0.25) is 10.2 Å². The van der Waals surface area contributed by atoms with Crippen LogP contribution in [0.25, 0.3) is 0 Å². The van der Waals surface area contributed by atoms with Crippen LogP contribution in [0.3, 0.4) is 0 Å². The van der Waals surface area contributed by atoms with E-state index >= 15 is 0 Å². The molecule has 2 aliphatic heterocycles. The molecule has 4 N–H and O–H groups in total. The van der Waals surface area contributed by atoms with Crippen LogP contribution in [0.15, 0.2) is 45.5 Å². The summed E-state index contributed by atoms with van der Waals surface area (Å²) >= 11 is 1.52. The molecule has 2 aromatic rings. The fraction of sp³-hybridized carbons (Fsp3) is 0.478. The van der Waals surface area contributed by atoms with E-state index in [1.165, 1.54) is 11.8 Å². The molecule has 1 atom stereocenters. The minimum Gasteiger partial charge on any atom is -0.355 e. The Labute approximate surface area is 198 Å². The van der Waals surface area contributed by atoms with Crippen molar-refractivity contribution in [1.29, 1.82) is 0 Å². The lowest BCUT2D eigenvalue weighted by Gasteiger charge is -2.23. The summed E-state index contributed by atoms with van der Waals surface area (Å²) in [6.45, 7) is 5.87. The molecular formula is C23H30N8OS. The van der Waals surface area contributed by atoms with Gasteiger partial charge in [0.05, 0.1) is 0 Å². The van der Waals surface area contributed by atoms with Crippen molar-refractivity contribution in [3.8, 4) is 0 Å². The second kappa shape index (κ2) is 9.96. The summed E-state index contributed by atoms with van der Waals surface area (Å²) in [5.41, 5.74) is 5.02. The van der Waals surface area contributed by atoms with E-state index in [2.05, 4.69) is 31.4 Å². The third kappa shape index (κ3) is 5.94. The van der Waals surface area contributed by atoms with Gasteiger partial charge in [0.25, 0.3) is 0 Å². The van der Waals surface area contributed by atoms with E-state index in [0.717, 1.165) is 79.8 Å². The first kappa shape index (κ1) is 22.0. The first-order valence-corrected chi connectivity index (χ1v) is 12.4. The normalized spacial score (nSPS) is 20.6. The lowest BCUT2D eigenvalue weighted by molar-refractivity contribution is -0.117. The monoisotopic (exact) mass is 466 g/mol. The van der Waals surface area contributed by atoms with Gasteiger partial charge < -0.3 is 20.9 Å². The molecule has 0 spiro atoms. The second-order valence-electron chi connectivity index (χ2n) is 8.75. The topological polar surface area (TPSA) is 107 Å². The highest BCUT2D eigenvalue weighted by Gasteiger charge is 2.29. The molecule has 9 nitrogen and oxygen atoms in total. The molecule has 1 aliphatic carbocycles. The number of amides is 1. The van der Waals surface area contributed by atoms with Gasteiger partial charge in [0, 0.05) is 54.3 Å². The molecule has 3 aliphatic rings. The van der Waals surface area contributed by atoms with Crippen molar-refractivity contribution in [2.24, 2.45) is 11.0 Å². The van der Waals surface area contributed by atoms with Crippen molar-refractivity contribution in [2.45, 2.75) is 48.8 Å². The van der Waals surface area contributed by atoms with Crippen molar-refractivity contribution < 1.29 is 4.79 Å². The highest BCUT2D eigenvalue weighted by molar-refractivity contribution is 7.99. The van der Waals surface area contributed by atoms with Crippen LogP contribution in [-0.2, 0) is 4.79 Å². The molecule has 10 heteroatoms. The number of benzene rings is 1. The Morgan fingerprint density at radius 2 is 2.00 bits per heavy atom. The number of carbonyl (C=O) groups is 1. The van der Waals surface area contributed by atoms with Crippen LogP contribution in [0.4, 0.5) is 17.3 Å². The highest BCUT2D eigenvalue weighted by atomic mass is 32.2. The van der Waals surface area contributed by atoms with Crippen LogP contribution in [-0.4, -0.2) is 53.9 Å². The molecule has 2 fully saturated rings. The fourth-order valence-electron chi connectivity index (χ4n) is 3.91. The molecule has 174 valence electrons. The number of carbonyl (C=O) groups excluding carboxylic acids is 1. The van der Waals surface area contributed by atoms with Crippen LogP contribution >= 0.6 is 11.8 Å². The summed E-state index contributed by atoms with van der Waals surface area (Å²) in [4.78, 5) is 25.0. The molecular weight excluding hydrogens is 436 g/mol. The third-order valence-corrected chi connectivity index (χ3v) is 6.74. The molecule has 1 unspecified atom stereocenters. The maximum absolute atomic E-state index is 12.0. The largest absolute Gasteiger partial charge is 0.355 e. The molecule has 0 radical (unpaired) electrons. The van der Waals surface area contributed by atoms with Crippen molar-refractivity contribution in [2.75, 3.05) is 41.7 Å². The number of hydrogen-bond acceptors (Lipinski definition) is 9. The number of aromatic nitrogens is 2. The predicted molar refractivity (Wildman–Crippen MR) is 132 cm³/mol. The maximum Gasteiger partial charge on any atom is 0.227 e. The number of hydrazone groups is 1. The first-order valence-electron chi connectivity index (χ1n) is 11.6. The zero-order chi connectivity index (χ0) is 22.6. The Kier molecular flexibility index (Phi) is 6.63. The van der Waals surface area contributed by atoms with Crippen molar-refractivity contribution in [3.05, 3.63) is 30.3 Å². The molecule has 1 saturated heterocycles. The molecule has 5 rings (SSSR count). The van der Waals surface area contributed by atoms with Crippen molar-refractivity contribution in [1.82, 2.24) is 20.7 Å². The van der Waals surface area contributed by atoms with Gasteiger partial charge in [0.1, 0.15) is 17.8 Å². The average Bonchev–Trinajstić information content (AvgIpc) is 3.62. The van der Waals surface area contributed by atoms with Gasteiger partial charge in [0.2, 0.25) is 5.91 Å². The minimum atomic E-state index is 0.0331. The van der Waals surface area contributed by atoms with E-state index in [1.807, 2.05) is 37.3 Å².